The second-order valence-corrected chi connectivity index (χ2v) is 13.0. The van der Waals surface area contributed by atoms with E-state index >= 15 is 0 Å². The minimum Gasteiger partial charge on any atom is -0.434 e. The van der Waals surface area contributed by atoms with Crippen molar-refractivity contribution in [3.8, 4) is 5.75 Å². The largest absolute Gasteiger partial charge is 0.434 e. The van der Waals surface area contributed by atoms with Crippen LogP contribution in [0.3, 0.4) is 0 Å². The molecule has 4 aliphatic rings. The highest BCUT2D eigenvalue weighted by molar-refractivity contribution is 6.02. The van der Waals surface area contributed by atoms with E-state index in [9.17, 15) is 33.1 Å². The number of carbonyl (C=O) groups excluding carboxylic acids is 4. The van der Waals surface area contributed by atoms with Gasteiger partial charge in [-0.25, -0.2) is 0 Å². The number of likely N-dealkylation sites (tertiary alicyclic amines) is 1. The van der Waals surface area contributed by atoms with Gasteiger partial charge >= 0.3 is 6.61 Å². The van der Waals surface area contributed by atoms with Gasteiger partial charge in [-0.2, -0.15) is 8.78 Å². The number of H-pyrrole nitrogens is 1. The third-order valence-electron chi connectivity index (χ3n) is 10.1. The van der Waals surface area contributed by atoms with E-state index in [0.29, 0.717) is 30.4 Å². The number of ether oxygens (including phenoxy) is 1. The van der Waals surface area contributed by atoms with Crippen LogP contribution in [0.15, 0.2) is 24.3 Å². The number of rotatable bonds is 10. The summed E-state index contributed by atoms with van der Waals surface area (Å²) < 4.78 is 30.6. The summed E-state index contributed by atoms with van der Waals surface area (Å²) in [6.07, 6.45) is 6.30. The molecule has 6 rings (SSSR count). The molecular formula is C32H41F2N5O6. The van der Waals surface area contributed by atoms with Gasteiger partial charge in [-0.15, -0.1) is 0 Å². The Bertz CT molecular complexity index is 1430. The number of aromatic amines is 1. The van der Waals surface area contributed by atoms with E-state index in [1.165, 1.54) is 17.0 Å². The van der Waals surface area contributed by atoms with Gasteiger partial charge in [0, 0.05) is 36.0 Å². The van der Waals surface area contributed by atoms with Crippen LogP contribution in [0.25, 0.3) is 10.9 Å². The standard InChI is InChI=1S/C32H41F2N5O6/c33-32(34)45-25-11-5-10-22-21(25)15-24(37-22)31(44)39-16-18-6-4-9-20(18)26(39)29(42)38-23(14-17-12-13-35-28(17)41)27(40)30(43)36-19-7-2-1-3-8-19/h5,10-11,15,17-20,23,26-27,32,37,40H,1-4,6-9,12-14,16H2,(H,35,41)(H,36,43)(H,38,42)/t17-,18-,20-,23-,26-,27?/m0/s1. The van der Waals surface area contributed by atoms with Crippen LogP contribution >= 0.6 is 0 Å². The Morgan fingerprint density at radius 1 is 1.07 bits per heavy atom. The van der Waals surface area contributed by atoms with Gasteiger partial charge in [0.25, 0.3) is 11.8 Å². The molecule has 0 radical (unpaired) electrons. The van der Waals surface area contributed by atoms with Crippen LogP contribution < -0.4 is 20.7 Å². The monoisotopic (exact) mass is 629 g/mol. The van der Waals surface area contributed by atoms with Crippen molar-refractivity contribution in [2.75, 3.05) is 13.1 Å². The average molecular weight is 630 g/mol. The molecule has 4 amide bonds. The maximum atomic E-state index is 14.1. The highest BCUT2D eigenvalue weighted by Gasteiger charge is 2.50. The summed E-state index contributed by atoms with van der Waals surface area (Å²) in [5.74, 6) is -2.24. The molecule has 2 aromatic rings. The topological polar surface area (TPSA) is 153 Å². The lowest BCUT2D eigenvalue weighted by atomic mass is 9.91. The number of hydrogen-bond donors (Lipinski definition) is 5. The van der Waals surface area contributed by atoms with Gasteiger partial charge in [0.1, 0.15) is 17.5 Å². The van der Waals surface area contributed by atoms with Crippen molar-refractivity contribution in [3.05, 3.63) is 30.0 Å². The number of alkyl halides is 2. The van der Waals surface area contributed by atoms with E-state index in [4.69, 9.17) is 0 Å². The normalized spacial score (nSPS) is 26.5. The zero-order valence-corrected chi connectivity index (χ0v) is 25.1. The molecule has 6 atom stereocenters. The van der Waals surface area contributed by atoms with Crippen LogP contribution in [0.5, 0.6) is 5.75 Å². The molecule has 13 heteroatoms. The van der Waals surface area contributed by atoms with E-state index < -0.39 is 48.4 Å². The van der Waals surface area contributed by atoms with Crippen LogP contribution in [-0.2, 0) is 14.4 Å². The van der Waals surface area contributed by atoms with Crippen LogP contribution in [0.4, 0.5) is 8.78 Å². The Labute approximate surface area is 259 Å². The number of carbonyl (C=O) groups is 4. The number of halogens is 2. The van der Waals surface area contributed by atoms with E-state index in [2.05, 4.69) is 25.7 Å². The van der Waals surface area contributed by atoms with Gasteiger partial charge in [0.05, 0.1) is 6.04 Å². The number of aliphatic hydroxyl groups excluding tert-OH is 1. The molecule has 2 aliphatic carbocycles. The molecule has 45 heavy (non-hydrogen) atoms. The lowest BCUT2D eigenvalue weighted by molar-refractivity contribution is -0.135. The van der Waals surface area contributed by atoms with E-state index in [1.54, 1.807) is 12.1 Å². The molecule has 4 fully saturated rings. The zero-order chi connectivity index (χ0) is 31.7. The summed E-state index contributed by atoms with van der Waals surface area (Å²) in [5, 5.41) is 20.2. The van der Waals surface area contributed by atoms with Crippen molar-refractivity contribution in [2.24, 2.45) is 17.8 Å². The maximum absolute atomic E-state index is 14.1. The third-order valence-corrected chi connectivity index (χ3v) is 10.1. The molecule has 5 N–H and O–H groups in total. The molecular weight excluding hydrogens is 588 g/mol. The zero-order valence-electron chi connectivity index (χ0n) is 25.1. The fraction of sp³-hybridized carbons (Fsp3) is 0.625. The second-order valence-electron chi connectivity index (χ2n) is 13.0. The highest BCUT2D eigenvalue weighted by atomic mass is 19.3. The van der Waals surface area contributed by atoms with Crippen LogP contribution in [0.1, 0.15) is 74.7 Å². The maximum Gasteiger partial charge on any atom is 0.387 e. The predicted octanol–water partition coefficient (Wildman–Crippen LogP) is 2.83. The van der Waals surface area contributed by atoms with Crippen molar-refractivity contribution < 1.29 is 37.8 Å². The van der Waals surface area contributed by atoms with Gasteiger partial charge in [0.2, 0.25) is 11.8 Å². The van der Waals surface area contributed by atoms with E-state index in [1.807, 2.05) is 0 Å². The first-order chi connectivity index (χ1) is 21.7. The first-order valence-electron chi connectivity index (χ1n) is 16.1. The summed E-state index contributed by atoms with van der Waals surface area (Å²) in [6, 6.07) is 4.11. The number of aromatic nitrogens is 1. The number of nitrogens with one attached hydrogen (secondary N) is 4. The molecule has 1 aromatic heterocycles. The quantitative estimate of drug-likeness (QED) is 0.273. The molecule has 0 bridgehead atoms. The number of benzene rings is 1. The van der Waals surface area contributed by atoms with Crippen molar-refractivity contribution in [1.82, 2.24) is 25.8 Å². The Morgan fingerprint density at radius 2 is 1.87 bits per heavy atom. The minimum atomic E-state index is -3.03. The molecule has 1 unspecified atom stereocenters. The molecule has 2 aliphatic heterocycles. The molecule has 244 valence electrons. The first-order valence-corrected chi connectivity index (χ1v) is 16.1. The van der Waals surface area contributed by atoms with Crippen molar-refractivity contribution in [2.45, 2.75) is 95.0 Å². The van der Waals surface area contributed by atoms with Crippen LogP contribution in [0.2, 0.25) is 0 Å². The van der Waals surface area contributed by atoms with Gasteiger partial charge in [-0.1, -0.05) is 31.7 Å². The van der Waals surface area contributed by atoms with Gasteiger partial charge in [-0.05, 0) is 68.6 Å². The third kappa shape index (κ3) is 6.63. The molecule has 11 nitrogen and oxygen atoms in total. The number of fused-ring (bicyclic) bond motifs is 2. The summed E-state index contributed by atoms with van der Waals surface area (Å²) in [4.78, 5) is 58.2. The number of aliphatic hydroxyl groups is 1. The lowest BCUT2D eigenvalue weighted by Gasteiger charge is -2.32. The average Bonchev–Trinajstić information content (AvgIpc) is 3.81. The molecule has 3 heterocycles. The SMILES string of the molecule is O=C(NC1CCCCC1)C(O)[C@H](C[C@@H]1CCNC1=O)NC(=O)[C@@H]1[C@H]2CCC[C@H]2CN1C(=O)c1cc2c(OC(F)F)cccc2[nH]1. The Morgan fingerprint density at radius 3 is 2.60 bits per heavy atom. The van der Waals surface area contributed by atoms with E-state index in [0.717, 1.165) is 51.4 Å². The number of nitrogens with zero attached hydrogens (tertiary/aromatic N) is 1. The van der Waals surface area contributed by atoms with Gasteiger partial charge in [0.15, 0.2) is 6.10 Å². The lowest BCUT2D eigenvalue weighted by Crippen LogP contribution is -2.57. The molecule has 0 spiro atoms. The predicted molar refractivity (Wildman–Crippen MR) is 159 cm³/mol. The summed E-state index contributed by atoms with van der Waals surface area (Å²) in [6.45, 7) is -2.20. The number of hydrogen-bond acceptors (Lipinski definition) is 6. The molecule has 2 saturated carbocycles. The first kappa shape index (κ1) is 31.3. The summed E-state index contributed by atoms with van der Waals surface area (Å²) in [7, 11) is 0. The van der Waals surface area contributed by atoms with Crippen LogP contribution in [0, 0.1) is 17.8 Å². The second kappa shape index (κ2) is 13.3. The van der Waals surface area contributed by atoms with Crippen molar-refractivity contribution in [3.63, 3.8) is 0 Å². The Kier molecular flexibility index (Phi) is 9.25. The molecule has 1 aromatic carbocycles. The smallest absolute Gasteiger partial charge is 0.387 e. The van der Waals surface area contributed by atoms with Crippen LogP contribution in [-0.4, -0.2) is 82.5 Å². The number of amides is 4. The van der Waals surface area contributed by atoms with Gasteiger partial charge < -0.3 is 35.7 Å². The van der Waals surface area contributed by atoms with Crippen molar-refractivity contribution >= 4 is 34.5 Å². The van der Waals surface area contributed by atoms with Gasteiger partial charge in [-0.3, -0.25) is 19.2 Å². The highest BCUT2D eigenvalue weighted by Crippen LogP contribution is 2.43. The summed E-state index contributed by atoms with van der Waals surface area (Å²) >= 11 is 0. The molecule has 2 saturated heterocycles. The van der Waals surface area contributed by atoms with Crippen molar-refractivity contribution in [1.29, 1.82) is 0 Å². The Balaban J connectivity index is 1.23. The fourth-order valence-corrected chi connectivity index (χ4v) is 7.87. The Hall–Kier alpha value is -3.74. The fourth-order valence-electron chi connectivity index (χ4n) is 7.87. The minimum absolute atomic E-state index is 0.0443. The summed E-state index contributed by atoms with van der Waals surface area (Å²) in [5.41, 5.74) is 0.582. The van der Waals surface area contributed by atoms with E-state index in [-0.39, 0.29) is 41.6 Å².